The molecule has 0 bridgehead atoms. The van der Waals surface area contributed by atoms with E-state index in [1.165, 1.54) is 27.5 Å². The number of rotatable bonds is 5. The van der Waals surface area contributed by atoms with Gasteiger partial charge < -0.3 is 9.80 Å². The van der Waals surface area contributed by atoms with Gasteiger partial charge in [0.2, 0.25) is 10.0 Å². The van der Waals surface area contributed by atoms with Crippen LogP contribution in [0.1, 0.15) is 25.3 Å². The molecule has 0 saturated carbocycles. The number of nitrogens with one attached hydrogen (secondary N) is 1. The molecule has 0 aliphatic carbocycles. The Kier molecular flexibility index (Phi) is 6.68. The zero-order valence-electron chi connectivity index (χ0n) is 16.0. The van der Waals surface area contributed by atoms with Gasteiger partial charge in [-0.1, -0.05) is 37.3 Å². The topological polar surface area (TPSA) is 62.1 Å². The Morgan fingerprint density at radius 2 is 1.89 bits per heavy atom. The molecule has 0 radical (unpaired) electrons. The van der Waals surface area contributed by atoms with Crippen molar-refractivity contribution in [3.05, 3.63) is 41.3 Å². The summed E-state index contributed by atoms with van der Waals surface area (Å²) in [6.45, 7) is 6.57. The summed E-state index contributed by atoms with van der Waals surface area (Å²) in [5.41, 5.74) is 0.855. The standard InChI is InChI=1S/C20H29N3O3S/c1-18-6-5-10-21(16-18)17-20(24)22-11-13-23(14-12-22)27(25,26)15-9-19-7-3-2-4-8-19/h2-4,7-9,15,18H,5-6,10-14,16-17H2,1H3/p+1/b15-9+/t18-/m0/s1. The van der Waals surface area contributed by atoms with Crippen LogP contribution in [0.2, 0.25) is 0 Å². The lowest BCUT2D eigenvalue weighted by Gasteiger charge is -2.35. The molecule has 2 fully saturated rings. The van der Waals surface area contributed by atoms with Gasteiger partial charge in [-0.2, -0.15) is 4.31 Å². The molecular weight excluding hydrogens is 362 g/mol. The van der Waals surface area contributed by atoms with Crippen LogP contribution in [0.25, 0.3) is 6.08 Å². The predicted molar refractivity (Wildman–Crippen MR) is 107 cm³/mol. The SMILES string of the molecule is C[C@H]1CCC[NH+](CC(=O)N2CCN(S(=O)(=O)/C=C/c3ccccc3)CC2)C1. The van der Waals surface area contributed by atoms with Gasteiger partial charge >= 0.3 is 0 Å². The number of benzene rings is 1. The first-order chi connectivity index (χ1) is 12.9. The number of hydrogen-bond acceptors (Lipinski definition) is 3. The molecular formula is C20H30N3O3S+. The Bertz CT molecular complexity index is 756. The number of quaternary nitrogens is 1. The first-order valence-corrected chi connectivity index (χ1v) is 11.3. The number of amides is 1. The van der Waals surface area contributed by atoms with Crippen molar-refractivity contribution >= 4 is 22.0 Å². The summed E-state index contributed by atoms with van der Waals surface area (Å²) in [5, 5.41) is 1.26. The van der Waals surface area contributed by atoms with Crippen molar-refractivity contribution in [3.63, 3.8) is 0 Å². The van der Waals surface area contributed by atoms with E-state index in [1.54, 1.807) is 6.08 Å². The maximum atomic E-state index is 12.6. The van der Waals surface area contributed by atoms with Crippen molar-refractivity contribution < 1.29 is 18.1 Å². The summed E-state index contributed by atoms with van der Waals surface area (Å²) in [6, 6.07) is 9.39. The Labute approximate surface area is 162 Å². The third-order valence-electron chi connectivity index (χ3n) is 5.45. The van der Waals surface area contributed by atoms with Gasteiger partial charge in [0, 0.05) is 37.5 Å². The van der Waals surface area contributed by atoms with Crippen molar-refractivity contribution in [2.75, 3.05) is 45.8 Å². The van der Waals surface area contributed by atoms with Gasteiger partial charge in [-0.05, 0) is 24.5 Å². The Morgan fingerprint density at radius 3 is 2.56 bits per heavy atom. The highest BCUT2D eigenvalue weighted by molar-refractivity contribution is 7.92. The largest absolute Gasteiger partial charge is 0.335 e. The molecule has 6 nitrogen and oxygen atoms in total. The molecule has 1 N–H and O–H groups in total. The molecule has 27 heavy (non-hydrogen) atoms. The monoisotopic (exact) mass is 392 g/mol. The number of carbonyl (C=O) groups excluding carboxylic acids is 1. The van der Waals surface area contributed by atoms with Crippen molar-refractivity contribution in [2.45, 2.75) is 19.8 Å². The van der Waals surface area contributed by atoms with E-state index in [4.69, 9.17) is 0 Å². The molecule has 1 unspecified atom stereocenters. The maximum absolute atomic E-state index is 12.6. The first kappa shape index (κ1) is 20.0. The van der Waals surface area contributed by atoms with Crippen LogP contribution in [0.4, 0.5) is 0 Å². The zero-order valence-corrected chi connectivity index (χ0v) is 16.8. The van der Waals surface area contributed by atoms with Crippen molar-refractivity contribution in [1.29, 1.82) is 0 Å². The van der Waals surface area contributed by atoms with Crippen LogP contribution < -0.4 is 4.90 Å². The minimum absolute atomic E-state index is 0.149. The molecule has 1 aromatic rings. The smallest absolute Gasteiger partial charge is 0.277 e. The third-order valence-corrected chi connectivity index (χ3v) is 7.01. The maximum Gasteiger partial charge on any atom is 0.277 e. The van der Waals surface area contributed by atoms with Crippen LogP contribution >= 0.6 is 0 Å². The molecule has 0 aromatic heterocycles. The molecule has 2 atom stereocenters. The molecule has 2 saturated heterocycles. The second kappa shape index (κ2) is 8.99. The Balaban J connectivity index is 1.50. The van der Waals surface area contributed by atoms with Gasteiger partial charge in [-0.25, -0.2) is 8.42 Å². The molecule has 2 aliphatic heterocycles. The third kappa shape index (κ3) is 5.64. The summed E-state index contributed by atoms with van der Waals surface area (Å²) >= 11 is 0. The second-order valence-corrected chi connectivity index (χ2v) is 9.49. The van der Waals surface area contributed by atoms with Gasteiger partial charge in [0.05, 0.1) is 13.1 Å². The fraction of sp³-hybridized carbons (Fsp3) is 0.550. The van der Waals surface area contributed by atoms with Crippen LogP contribution in [-0.4, -0.2) is 69.3 Å². The molecule has 2 heterocycles. The highest BCUT2D eigenvalue weighted by Gasteiger charge is 2.30. The molecule has 1 aromatic carbocycles. The number of carbonyl (C=O) groups is 1. The number of hydrogen-bond donors (Lipinski definition) is 1. The zero-order chi connectivity index (χ0) is 19.3. The summed E-state index contributed by atoms with van der Waals surface area (Å²) < 4.78 is 26.5. The van der Waals surface area contributed by atoms with Gasteiger partial charge in [-0.3, -0.25) is 4.79 Å². The van der Waals surface area contributed by atoms with Gasteiger partial charge in [-0.15, -0.1) is 0 Å². The second-order valence-electron chi connectivity index (χ2n) is 7.67. The lowest BCUT2D eigenvalue weighted by molar-refractivity contribution is -0.900. The Hall–Kier alpha value is -1.70. The molecule has 148 valence electrons. The van der Waals surface area contributed by atoms with E-state index in [2.05, 4.69) is 6.92 Å². The molecule has 7 heteroatoms. The van der Waals surface area contributed by atoms with E-state index < -0.39 is 10.0 Å². The van der Waals surface area contributed by atoms with Gasteiger partial charge in [0.1, 0.15) is 0 Å². The van der Waals surface area contributed by atoms with Crippen LogP contribution in [0.5, 0.6) is 0 Å². The van der Waals surface area contributed by atoms with E-state index >= 15 is 0 Å². The van der Waals surface area contributed by atoms with E-state index in [-0.39, 0.29) is 5.91 Å². The highest BCUT2D eigenvalue weighted by atomic mass is 32.2. The van der Waals surface area contributed by atoms with Crippen molar-refractivity contribution in [1.82, 2.24) is 9.21 Å². The van der Waals surface area contributed by atoms with Crippen molar-refractivity contribution in [2.24, 2.45) is 5.92 Å². The molecule has 0 spiro atoms. The quantitative estimate of drug-likeness (QED) is 0.791. The normalized spacial score (nSPS) is 25.0. The van der Waals surface area contributed by atoms with Crippen molar-refractivity contribution in [3.8, 4) is 0 Å². The van der Waals surface area contributed by atoms with E-state index in [0.29, 0.717) is 38.6 Å². The lowest BCUT2D eigenvalue weighted by atomic mass is 10.0. The van der Waals surface area contributed by atoms with Crippen LogP contribution in [0.15, 0.2) is 35.7 Å². The lowest BCUT2D eigenvalue weighted by Crippen LogP contribution is -3.14. The molecule has 2 aliphatic rings. The molecule has 3 rings (SSSR count). The van der Waals surface area contributed by atoms with E-state index in [1.807, 2.05) is 35.2 Å². The number of sulfonamides is 1. The Morgan fingerprint density at radius 1 is 1.19 bits per heavy atom. The number of likely N-dealkylation sites (tertiary alicyclic amines) is 1. The molecule has 1 amide bonds. The fourth-order valence-corrected chi connectivity index (χ4v) is 5.06. The summed E-state index contributed by atoms with van der Waals surface area (Å²) in [4.78, 5) is 15.7. The minimum Gasteiger partial charge on any atom is -0.335 e. The summed E-state index contributed by atoms with van der Waals surface area (Å²) in [7, 11) is -3.46. The number of piperidine rings is 1. The van der Waals surface area contributed by atoms with Gasteiger partial charge in [0.25, 0.3) is 5.91 Å². The first-order valence-electron chi connectivity index (χ1n) is 9.79. The number of nitrogens with zero attached hydrogens (tertiary/aromatic N) is 2. The van der Waals surface area contributed by atoms with Gasteiger partial charge in [0.15, 0.2) is 6.54 Å². The highest BCUT2D eigenvalue weighted by Crippen LogP contribution is 2.12. The fourth-order valence-electron chi connectivity index (χ4n) is 3.89. The van der Waals surface area contributed by atoms with Crippen LogP contribution in [0.3, 0.4) is 0 Å². The number of piperazine rings is 1. The predicted octanol–water partition coefficient (Wildman–Crippen LogP) is 0.446. The average molecular weight is 393 g/mol. The van der Waals surface area contributed by atoms with Crippen LogP contribution in [-0.2, 0) is 14.8 Å². The van der Waals surface area contributed by atoms with E-state index in [0.717, 1.165) is 18.7 Å². The minimum atomic E-state index is -3.46. The summed E-state index contributed by atoms with van der Waals surface area (Å²) in [5.74, 6) is 0.830. The van der Waals surface area contributed by atoms with Crippen LogP contribution in [0, 0.1) is 5.92 Å². The average Bonchev–Trinajstić information content (AvgIpc) is 2.67. The summed E-state index contributed by atoms with van der Waals surface area (Å²) in [6.07, 6.45) is 4.06. The van der Waals surface area contributed by atoms with E-state index in [9.17, 15) is 13.2 Å².